The molecule has 2 atom stereocenters. The highest BCUT2D eigenvalue weighted by Gasteiger charge is 2.36. The van der Waals surface area contributed by atoms with Gasteiger partial charge in [0.05, 0.1) is 12.1 Å². The monoisotopic (exact) mass is 471 g/mol. The minimum atomic E-state index is -0.498. The van der Waals surface area contributed by atoms with Crippen LogP contribution in [-0.2, 0) is 9.47 Å². The number of piperazine rings is 1. The van der Waals surface area contributed by atoms with Crippen LogP contribution in [0.5, 0.6) is 0 Å². The van der Waals surface area contributed by atoms with E-state index in [4.69, 9.17) is 9.47 Å². The van der Waals surface area contributed by atoms with Crippen molar-refractivity contribution in [2.45, 2.75) is 90.4 Å². The van der Waals surface area contributed by atoms with E-state index in [-0.39, 0.29) is 12.1 Å². The number of nitrogens with zero attached hydrogens (tertiary/aromatic N) is 2. The lowest BCUT2D eigenvalue weighted by Gasteiger charge is -2.40. The van der Waals surface area contributed by atoms with Gasteiger partial charge in [-0.2, -0.15) is 0 Å². The molecular formula is C28H45N3O3. The fraction of sp³-hybridized carbons (Fsp3) is 0.750. The maximum Gasteiger partial charge on any atom is 0.410 e. The Bertz CT molecular complexity index is 853. The van der Waals surface area contributed by atoms with Gasteiger partial charge in [0.25, 0.3) is 0 Å². The number of hydrogen-bond donors (Lipinski definition) is 1. The van der Waals surface area contributed by atoms with Gasteiger partial charge >= 0.3 is 6.09 Å². The van der Waals surface area contributed by atoms with Gasteiger partial charge in [-0.05, 0) is 87.5 Å². The third-order valence-corrected chi connectivity index (χ3v) is 7.92. The van der Waals surface area contributed by atoms with E-state index in [9.17, 15) is 4.79 Å². The van der Waals surface area contributed by atoms with Gasteiger partial charge in [-0.25, -0.2) is 4.79 Å². The van der Waals surface area contributed by atoms with Crippen LogP contribution in [-0.4, -0.2) is 62.5 Å². The topological polar surface area (TPSA) is 54.0 Å². The maximum atomic E-state index is 13.2. The highest BCUT2D eigenvalue weighted by molar-refractivity contribution is 5.69. The SMILES string of the molecule is COC1CCN(c2ccc(C3CNCCN3C(=O)OC(C)(C)C)c(C3CCC(C)(C)CC3)c2)C1. The van der Waals surface area contributed by atoms with Crippen LogP contribution in [0.3, 0.4) is 0 Å². The van der Waals surface area contributed by atoms with Crippen LogP contribution < -0.4 is 10.2 Å². The lowest BCUT2D eigenvalue weighted by atomic mass is 9.70. The van der Waals surface area contributed by atoms with Gasteiger partial charge in [0.15, 0.2) is 0 Å². The predicted octanol–water partition coefficient (Wildman–Crippen LogP) is 5.48. The third-order valence-electron chi connectivity index (χ3n) is 7.92. The summed E-state index contributed by atoms with van der Waals surface area (Å²) >= 11 is 0. The van der Waals surface area contributed by atoms with Crippen molar-refractivity contribution in [3.63, 3.8) is 0 Å². The molecule has 34 heavy (non-hydrogen) atoms. The van der Waals surface area contributed by atoms with Crippen molar-refractivity contribution in [1.29, 1.82) is 0 Å². The average molecular weight is 472 g/mol. The molecule has 0 radical (unpaired) electrons. The molecule has 190 valence electrons. The molecule has 1 aromatic rings. The summed E-state index contributed by atoms with van der Waals surface area (Å²) in [5.74, 6) is 0.534. The normalized spacial score (nSPS) is 26.1. The van der Waals surface area contributed by atoms with E-state index < -0.39 is 5.60 Å². The van der Waals surface area contributed by atoms with Gasteiger partial charge in [-0.3, -0.25) is 4.90 Å². The molecule has 6 nitrogen and oxygen atoms in total. The first kappa shape index (κ1) is 25.3. The summed E-state index contributed by atoms with van der Waals surface area (Å²) in [5, 5.41) is 3.53. The lowest BCUT2D eigenvalue weighted by Crippen LogP contribution is -2.50. The Morgan fingerprint density at radius 2 is 1.82 bits per heavy atom. The smallest absolute Gasteiger partial charge is 0.410 e. The first-order chi connectivity index (χ1) is 16.1. The Morgan fingerprint density at radius 1 is 1.09 bits per heavy atom. The maximum absolute atomic E-state index is 13.2. The van der Waals surface area contributed by atoms with E-state index in [2.05, 4.69) is 42.3 Å². The van der Waals surface area contributed by atoms with Gasteiger partial charge in [-0.15, -0.1) is 0 Å². The minimum Gasteiger partial charge on any atom is -0.444 e. The lowest BCUT2D eigenvalue weighted by molar-refractivity contribution is 0.0116. The molecular weight excluding hydrogens is 426 g/mol. The minimum absolute atomic E-state index is 0.00658. The van der Waals surface area contributed by atoms with Crippen molar-refractivity contribution >= 4 is 11.8 Å². The molecule has 2 aliphatic heterocycles. The number of amides is 1. The van der Waals surface area contributed by atoms with Gasteiger partial charge in [0, 0.05) is 45.5 Å². The fourth-order valence-corrected chi connectivity index (χ4v) is 5.80. The summed E-state index contributed by atoms with van der Waals surface area (Å²) in [7, 11) is 1.81. The van der Waals surface area contributed by atoms with Crippen LogP contribution in [0.2, 0.25) is 0 Å². The van der Waals surface area contributed by atoms with Gasteiger partial charge in [-0.1, -0.05) is 19.9 Å². The first-order valence-electron chi connectivity index (χ1n) is 13.2. The molecule has 0 aromatic heterocycles. The molecule has 3 aliphatic rings. The number of methoxy groups -OCH3 is 1. The molecule has 6 heteroatoms. The van der Waals surface area contributed by atoms with Crippen molar-refractivity contribution in [2.75, 3.05) is 44.7 Å². The zero-order valence-electron chi connectivity index (χ0n) is 22.2. The summed E-state index contributed by atoms with van der Waals surface area (Å²) in [6.07, 6.45) is 6.08. The Balaban J connectivity index is 1.66. The highest BCUT2D eigenvalue weighted by Crippen LogP contribution is 2.45. The molecule has 4 rings (SSSR count). The van der Waals surface area contributed by atoms with Crippen LogP contribution in [0.25, 0.3) is 0 Å². The molecule has 3 fully saturated rings. The second-order valence-corrected chi connectivity index (χ2v) is 12.2. The molecule has 0 bridgehead atoms. The Morgan fingerprint density at radius 3 is 2.47 bits per heavy atom. The Hall–Kier alpha value is -1.79. The first-order valence-corrected chi connectivity index (χ1v) is 13.2. The molecule has 1 N–H and O–H groups in total. The zero-order chi connectivity index (χ0) is 24.5. The number of carbonyl (C=O) groups excluding carboxylic acids is 1. The highest BCUT2D eigenvalue weighted by atomic mass is 16.6. The second-order valence-electron chi connectivity index (χ2n) is 12.2. The van der Waals surface area contributed by atoms with E-state index in [0.29, 0.717) is 24.0 Å². The Kier molecular flexibility index (Phi) is 7.49. The van der Waals surface area contributed by atoms with Gasteiger partial charge < -0.3 is 19.7 Å². The molecule has 1 amide bonds. The van der Waals surface area contributed by atoms with Crippen molar-refractivity contribution < 1.29 is 14.3 Å². The number of rotatable bonds is 4. The average Bonchev–Trinajstić information content (AvgIpc) is 3.27. The fourth-order valence-electron chi connectivity index (χ4n) is 5.80. The van der Waals surface area contributed by atoms with Crippen LogP contribution in [0.4, 0.5) is 10.5 Å². The summed E-state index contributed by atoms with van der Waals surface area (Å²) in [4.78, 5) is 17.6. The standard InChI is InChI=1S/C28H45N3O3/c1-27(2,3)34-26(32)31-16-14-29-18-25(31)23-8-7-21(30-15-11-22(19-30)33-6)17-24(23)20-9-12-28(4,5)13-10-20/h7-8,17,20,22,25,29H,9-16,18-19H2,1-6H3. The van der Waals surface area contributed by atoms with Crippen molar-refractivity contribution in [2.24, 2.45) is 5.41 Å². The van der Waals surface area contributed by atoms with Crippen molar-refractivity contribution in [3.05, 3.63) is 29.3 Å². The molecule has 0 spiro atoms. The van der Waals surface area contributed by atoms with E-state index in [0.717, 1.165) is 32.6 Å². The van der Waals surface area contributed by atoms with Crippen molar-refractivity contribution in [1.82, 2.24) is 10.2 Å². The van der Waals surface area contributed by atoms with Crippen LogP contribution in [0.15, 0.2) is 18.2 Å². The number of carbonyl (C=O) groups is 1. The summed E-state index contributed by atoms with van der Waals surface area (Å²) in [5.41, 5.74) is 3.92. The number of ether oxygens (including phenoxy) is 2. The van der Waals surface area contributed by atoms with Crippen LogP contribution >= 0.6 is 0 Å². The van der Waals surface area contributed by atoms with E-state index >= 15 is 0 Å². The third kappa shape index (κ3) is 5.88. The molecule has 2 unspecified atom stereocenters. The Labute approximate surface area is 206 Å². The molecule has 2 heterocycles. The van der Waals surface area contributed by atoms with Gasteiger partial charge in [0.1, 0.15) is 5.60 Å². The quantitative estimate of drug-likeness (QED) is 0.630. The molecule has 2 saturated heterocycles. The van der Waals surface area contributed by atoms with E-state index in [1.165, 1.54) is 42.5 Å². The van der Waals surface area contributed by atoms with Gasteiger partial charge in [0.2, 0.25) is 0 Å². The summed E-state index contributed by atoms with van der Waals surface area (Å²) in [6.45, 7) is 14.8. The van der Waals surface area contributed by atoms with Crippen LogP contribution in [0, 0.1) is 5.41 Å². The number of benzene rings is 1. The summed E-state index contributed by atoms with van der Waals surface area (Å²) < 4.78 is 11.4. The largest absolute Gasteiger partial charge is 0.444 e. The van der Waals surface area contributed by atoms with E-state index in [1.807, 2.05) is 32.8 Å². The zero-order valence-corrected chi connectivity index (χ0v) is 22.2. The molecule has 1 aliphatic carbocycles. The summed E-state index contributed by atoms with van der Waals surface area (Å²) in [6, 6.07) is 6.97. The number of nitrogens with one attached hydrogen (secondary N) is 1. The molecule has 1 saturated carbocycles. The van der Waals surface area contributed by atoms with Crippen molar-refractivity contribution in [3.8, 4) is 0 Å². The van der Waals surface area contributed by atoms with E-state index in [1.54, 1.807) is 0 Å². The second kappa shape index (κ2) is 10.1. The number of hydrogen-bond acceptors (Lipinski definition) is 5. The molecule has 1 aromatic carbocycles. The van der Waals surface area contributed by atoms with Crippen LogP contribution in [0.1, 0.15) is 89.8 Å². The predicted molar refractivity (Wildman–Crippen MR) is 138 cm³/mol. The number of anilines is 1.